The van der Waals surface area contributed by atoms with Crippen molar-refractivity contribution >= 4 is 5.97 Å². The quantitative estimate of drug-likeness (QED) is 0.547. The summed E-state index contributed by atoms with van der Waals surface area (Å²) < 4.78 is 10.1. The maximum atomic E-state index is 10.6. The first kappa shape index (κ1) is 10.7. The third kappa shape index (κ3) is 2.85. The first-order valence-electron chi connectivity index (χ1n) is 4.44. The summed E-state index contributed by atoms with van der Waals surface area (Å²) in [7, 11) is 1.66. The van der Waals surface area contributed by atoms with Crippen LogP contribution in [0.4, 0.5) is 0 Å². The highest BCUT2D eigenvalue weighted by atomic mass is 16.5. The Morgan fingerprint density at radius 2 is 1.86 bits per heavy atom. The molecule has 0 aromatic heterocycles. The summed E-state index contributed by atoms with van der Waals surface area (Å²) in [6, 6.07) is 7.28. The summed E-state index contributed by atoms with van der Waals surface area (Å²) in [5, 5.41) is 0. The third-order valence-corrected chi connectivity index (χ3v) is 1.96. The van der Waals surface area contributed by atoms with Gasteiger partial charge in [0.25, 0.3) is 0 Å². The minimum atomic E-state index is -0.308. The van der Waals surface area contributed by atoms with Crippen LogP contribution in [0.5, 0.6) is 5.75 Å². The molecule has 0 aliphatic rings. The summed E-state index contributed by atoms with van der Waals surface area (Å²) in [5.74, 6) is 0.252. The van der Waals surface area contributed by atoms with Gasteiger partial charge in [0.2, 0.25) is 0 Å². The summed E-state index contributed by atoms with van der Waals surface area (Å²) in [6.45, 7) is 3.34. The van der Waals surface area contributed by atoms with Gasteiger partial charge < -0.3 is 9.47 Å². The lowest BCUT2D eigenvalue weighted by Crippen LogP contribution is -2.01. The molecule has 0 heterocycles. The molecule has 0 bridgehead atoms. The number of carbonyl (C=O) groups excluding carboxylic acids is 1. The van der Waals surface area contributed by atoms with Crippen LogP contribution in [0.15, 0.2) is 24.3 Å². The van der Waals surface area contributed by atoms with E-state index in [0.29, 0.717) is 5.75 Å². The van der Waals surface area contributed by atoms with Crippen LogP contribution in [-0.4, -0.2) is 13.1 Å². The molecule has 0 radical (unpaired) electrons. The molecule has 0 amide bonds. The number of rotatable bonds is 3. The highest BCUT2D eigenvalue weighted by Crippen LogP contribution is 2.19. The minimum Gasteiger partial charge on any atom is -0.427 e. The smallest absolute Gasteiger partial charge is 0.308 e. The zero-order chi connectivity index (χ0) is 10.6. The molecular weight excluding hydrogens is 180 g/mol. The second-order valence-corrected chi connectivity index (χ2v) is 3.04. The van der Waals surface area contributed by atoms with Gasteiger partial charge in [0.05, 0.1) is 6.10 Å². The lowest BCUT2D eigenvalue weighted by Gasteiger charge is -2.09. The van der Waals surface area contributed by atoms with E-state index in [2.05, 4.69) is 0 Å². The summed E-state index contributed by atoms with van der Waals surface area (Å²) >= 11 is 0. The van der Waals surface area contributed by atoms with Crippen LogP contribution < -0.4 is 4.74 Å². The van der Waals surface area contributed by atoms with Gasteiger partial charge in [0, 0.05) is 14.0 Å². The maximum absolute atomic E-state index is 10.6. The number of hydrogen-bond acceptors (Lipinski definition) is 3. The van der Waals surface area contributed by atoms with Gasteiger partial charge in [-0.3, -0.25) is 4.79 Å². The third-order valence-electron chi connectivity index (χ3n) is 1.96. The van der Waals surface area contributed by atoms with Gasteiger partial charge in [-0.1, -0.05) is 12.1 Å². The predicted octanol–water partition coefficient (Wildman–Crippen LogP) is 2.32. The Morgan fingerprint density at radius 3 is 2.29 bits per heavy atom. The zero-order valence-corrected chi connectivity index (χ0v) is 8.61. The lowest BCUT2D eigenvalue weighted by atomic mass is 10.1. The second kappa shape index (κ2) is 4.77. The molecule has 3 heteroatoms. The molecule has 0 aliphatic heterocycles. The molecule has 1 rings (SSSR count). The van der Waals surface area contributed by atoms with Crippen LogP contribution in [0, 0.1) is 0 Å². The zero-order valence-electron chi connectivity index (χ0n) is 8.61. The molecular formula is C11H14O3. The summed E-state index contributed by atoms with van der Waals surface area (Å²) in [6.07, 6.45) is 0.0568. The molecule has 0 saturated heterocycles. The predicted molar refractivity (Wildman–Crippen MR) is 53.2 cm³/mol. The van der Waals surface area contributed by atoms with Gasteiger partial charge >= 0.3 is 5.97 Å². The van der Waals surface area contributed by atoms with E-state index in [-0.39, 0.29) is 12.1 Å². The number of ether oxygens (including phenoxy) is 2. The molecule has 0 fully saturated rings. The minimum absolute atomic E-state index is 0.0568. The van der Waals surface area contributed by atoms with Gasteiger partial charge in [-0.25, -0.2) is 0 Å². The fourth-order valence-corrected chi connectivity index (χ4v) is 1.11. The lowest BCUT2D eigenvalue weighted by molar-refractivity contribution is -0.131. The van der Waals surface area contributed by atoms with Crippen molar-refractivity contribution in [2.45, 2.75) is 20.0 Å². The van der Waals surface area contributed by atoms with Crippen molar-refractivity contribution in [2.75, 3.05) is 7.11 Å². The Labute approximate surface area is 83.6 Å². The first-order chi connectivity index (χ1) is 6.63. The van der Waals surface area contributed by atoms with Gasteiger partial charge in [-0.2, -0.15) is 0 Å². The molecule has 3 nitrogen and oxygen atoms in total. The van der Waals surface area contributed by atoms with Crippen LogP contribution in [0.1, 0.15) is 25.5 Å². The van der Waals surface area contributed by atoms with Crippen molar-refractivity contribution in [3.63, 3.8) is 0 Å². The Bertz CT molecular complexity index is 303. The van der Waals surface area contributed by atoms with Crippen molar-refractivity contribution in [3.8, 4) is 5.75 Å². The second-order valence-electron chi connectivity index (χ2n) is 3.04. The van der Waals surface area contributed by atoms with Crippen molar-refractivity contribution in [2.24, 2.45) is 0 Å². The average Bonchev–Trinajstić information content (AvgIpc) is 2.17. The number of methoxy groups -OCH3 is 1. The topological polar surface area (TPSA) is 35.5 Å². The van der Waals surface area contributed by atoms with E-state index in [0.717, 1.165) is 5.56 Å². The molecule has 14 heavy (non-hydrogen) atoms. The van der Waals surface area contributed by atoms with E-state index >= 15 is 0 Å². The Balaban J connectivity index is 2.73. The van der Waals surface area contributed by atoms with Crippen LogP contribution in [0.2, 0.25) is 0 Å². The van der Waals surface area contributed by atoms with Gasteiger partial charge in [0.1, 0.15) is 5.75 Å². The fraction of sp³-hybridized carbons (Fsp3) is 0.364. The maximum Gasteiger partial charge on any atom is 0.308 e. The number of carbonyl (C=O) groups is 1. The van der Waals surface area contributed by atoms with Crippen molar-refractivity contribution in [3.05, 3.63) is 29.8 Å². The molecule has 0 N–H and O–H groups in total. The van der Waals surface area contributed by atoms with Crippen LogP contribution in [0.3, 0.4) is 0 Å². The molecule has 1 aromatic carbocycles. The average molecular weight is 194 g/mol. The monoisotopic (exact) mass is 194 g/mol. The Kier molecular flexibility index (Phi) is 3.65. The SMILES string of the molecule is COC(C)c1ccc(OC(C)=O)cc1. The number of benzene rings is 1. The molecule has 0 spiro atoms. The fourth-order valence-electron chi connectivity index (χ4n) is 1.11. The van der Waals surface area contributed by atoms with E-state index in [1.807, 2.05) is 19.1 Å². The van der Waals surface area contributed by atoms with E-state index in [1.54, 1.807) is 19.2 Å². The molecule has 1 unspecified atom stereocenters. The standard InChI is InChI=1S/C11H14O3/c1-8(13-3)10-4-6-11(7-5-10)14-9(2)12/h4-8H,1-3H3. The molecule has 76 valence electrons. The largest absolute Gasteiger partial charge is 0.427 e. The first-order valence-corrected chi connectivity index (χ1v) is 4.44. The Morgan fingerprint density at radius 1 is 1.29 bits per heavy atom. The summed E-state index contributed by atoms with van der Waals surface area (Å²) in [4.78, 5) is 10.6. The number of esters is 1. The van der Waals surface area contributed by atoms with Crippen LogP contribution >= 0.6 is 0 Å². The molecule has 0 saturated carbocycles. The normalized spacial score (nSPS) is 12.2. The van der Waals surface area contributed by atoms with Gasteiger partial charge in [0.15, 0.2) is 0 Å². The Hall–Kier alpha value is -1.35. The number of hydrogen-bond donors (Lipinski definition) is 0. The van der Waals surface area contributed by atoms with E-state index in [1.165, 1.54) is 6.92 Å². The molecule has 1 aromatic rings. The highest BCUT2D eigenvalue weighted by Gasteiger charge is 2.03. The highest BCUT2D eigenvalue weighted by molar-refractivity contribution is 5.69. The van der Waals surface area contributed by atoms with Crippen molar-refractivity contribution in [1.82, 2.24) is 0 Å². The molecule has 1 atom stereocenters. The summed E-state index contributed by atoms with van der Waals surface area (Å²) in [5.41, 5.74) is 1.06. The van der Waals surface area contributed by atoms with Crippen molar-refractivity contribution in [1.29, 1.82) is 0 Å². The van der Waals surface area contributed by atoms with E-state index < -0.39 is 0 Å². The van der Waals surface area contributed by atoms with Crippen LogP contribution in [-0.2, 0) is 9.53 Å². The van der Waals surface area contributed by atoms with E-state index in [4.69, 9.17) is 9.47 Å². The van der Waals surface area contributed by atoms with Gasteiger partial charge in [-0.15, -0.1) is 0 Å². The van der Waals surface area contributed by atoms with Crippen molar-refractivity contribution < 1.29 is 14.3 Å². The van der Waals surface area contributed by atoms with Crippen LogP contribution in [0.25, 0.3) is 0 Å². The molecule has 0 aliphatic carbocycles. The van der Waals surface area contributed by atoms with E-state index in [9.17, 15) is 4.79 Å². The van der Waals surface area contributed by atoms with Gasteiger partial charge in [-0.05, 0) is 24.6 Å².